The molecule has 1 aromatic heterocycles. The number of nitrogens with zero attached hydrogens (tertiary/aromatic N) is 2. The van der Waals surface area contributed by atoms with Gasteiger partial charge in [0.05, 0.1) is 0 Å². The monoisotopic (exact) mass is 486 g/mol. The van der Waals surface area contributed by atoms with E-state index in [9.17, 15) is 4.79 Å². The number of hydrogen-bond acceptors (Lipinski definition) is 5. The fourth-order valence-electron chi connectivity index (χ4n) is 5.53. The van der Waals surface area contributed by atoms with Gasteiger partial charge in [-0.2, -0.15) is 0 Å². The number of piperidine rings is 1. The molecular formula is C29H34N4OS. The maximum Gasteiger partial charge on any atom is 0.255 e. The van der Waals surface area contributed by atoms with E-state index >= 15 is 0 Å². The predicted molar refractivity (Wildman–Crippen MR) is 143 cm³/mol. The third-order valence-electron chi connectivity index (χ3n) is 7.32. The molecular weight excluding hydrogens is 452 g/mol. The number of nitrogens with one attached hydrogen (secondary N) is 2. The molecule has 182 valence electrons. The van der Waals surface area contributed by atoms with E-state index in [0.717, 1.165) is 37.5 Å². The number of pyridine rings is 1. The Hall–Kier alpha value is -2.67. The lowest BCUT2D eigenvalue weighted by Gasteiger charge is -2.37. The van der Waals surface area contributed by atoms with Crippen molar-refractivity contribution in [3.63, 3.8) is 0 Å². The van der Waals surface area contributed by atoms with E-state index in [1.807, 2.05) is 12.1 Å². The van der Waals surface area contributed by atoms with Gasteiger partial charge >= 0.3 is 0 Å². The van der Waals surface area contributed by atoms with Gasteiger partial charge in [-0.25, -0.2) is 0 Å². The first-order valence-electron chi connectivity index (χ1n) is 12.7. The fourth-order valence-corrected chi connectivity index (χ4v) is 6.74. The quantitative estimate of drug-likeness (QED) is 0.499. The van der Waals surface area contributed by atoms with Crippen LogP contribution in [0.2, 0.25) is 0 Å². The van der Waals surface area contributed by atoms with Crippen LogP contribution in [0.1, 0.15) is 35.4 Å². The highest BCUT2D eigenvalue weighted by Crippen LogP contribution is 2.38. The minimum Gasteiger partial charge on any atom is -0.352 e. The van der Waals surface area contributed by atoms with Crippen molar-refractivity contribution in [2.45, 2.75) is 23.6 Å². The number of aromatic nitrogens is 1. The molecule has 0 saturated carbocycles. The molecule has 2 saturated heterocycles. The summed E-state index contributed by atoms with van der Waals surface area (Å²) in [6.45, 7) is 4.50. The number of benzene rings is 2. The first-order chi connectivity index (χ1) is 17.3. The maximum absolute atomic E-state index is 13.2. The zero-order valence-corrected chi connectivity index (χ0v) is 20.9. The second-order valence-electron chi connectivity index (χ2n) is 9.43. The molecule has 1 unspecified atom stereocenters. The Morgan fingerprint density at radius 2 is 1.71 bits per heavy atom. The van der Waals surface area contributed by atoms with Crippen LogP contribution in [0.25, 0.3) is 0 Å². The second kappa shape index (κ2) is 11.4. The lowest BCUT2D eigenvalue weighted by molar-refractivity contribution is -0.124. The van der Waals surface area contributed by atoms with Gasteiger partial charge in [0.1, 0.15) is 0 Å². The Kier molecular flexibility index (Phi) is 7.82. The van der Waals surface area contributed by atoms with Crippen LogP contribution in [0.15, 0.2) is 85.2 Å². The Morgan fingerprint density at radius 1 is 1.03 bits per heavy atom. The SMILES string of the molecule is O=C(NCCN1CCC(C(c2ccccc2)c2ccccc2)CC1)C1(c2cccnc2)NCCS1. The minimum atomic E-state index is -0.722. The van der Waals surface area contributed by atoms with Gasteiger partial charge in [0.25, 0.3) is 5.91 Å². The zero-order valence-electron chi connectivity index (χ0n) is 20.1. The average molecular weight is 487 g/mol. The Bertz CT molecular complexity index is 1030. The molecule has 5 rings (SSSR count). The molecule has 2 aromatic carbocycles. The van der Waals surface area contributed by atoms with Crippen molar-refractivity contribution in [3.8, 4) is 0 Å². The number of likely N-dealkylation sites (tertiary alicyclic amines) is 1. The molecule has 2 aliphatic heterocycles. The fraction of sp³-hybridized carbons (Fsp3) is 0.379. The first-order valence-corrected chi connectivity index (χ1v) is 13.6. The van der Waals surface area contributed by atoms with Crippen LogP contribution in [0.3, 0.4) is 0 Å². The number of rotatable bonds is 8. The summed E-state index contributed by atoms with van der Waals surface area (Å²) in [6, 6.07) is 25.8. The Morgan fingerprint density at radius 3 is 2.29 bits per heavy atom. The molecule has 3 heterocycles. The minimum absolute atomic E-state index is 0.0381. The van der Waals surface area contributed by atoms with E-state index in [1.54, 1.807) is 24.2 Å². The summed E-state index contributed by atoms with van der Waals surface area (Å²) >= 11 is 1.66. The van der Waals surface area contributed by atoms with Crippen LogP contribution < -0.4 is 10.6 Å². The van der Waals surface area contributed by atoms with Gasteiger partial charge in [-0.05, 0) is 49.0 Å². The molecule has 2 aliphatic rings. The van der Waals surface area contributed by atoms with Crippen LogP contribution in [-0.2, 0) is 9.67 Å². The largest absolute Gasteiger partial charge is 0.352 e. The summed E-state index contributed by atoms with van der Waals surface area (Å²) in [5, 5.41) is 6.63. The lowest BCUT2D eigenvalue weighted by atomic mass is 9.76. The normalized spacial score (nSPS) is 21.3. The van der Waals surface area contributed by atoms with Crippen LogP contribution in [-0.4, -0.2) is 54.3 Å². The van der Waals surface area contributed by atoms with Gasteiger partial charge in [-0.3, -0.25) is 15.1 Å². The van der Waals surface area contributed by atoms with Gasteiger partial charge in [0, 0.05) is 49.3 Å². The number of carbonyl (C=O) groups is 1. The Labute approximate surface area is 212 Å². The number of amides is 1. The summed E-state index contributed by atoms with van der Waals surface area (Å²) in [5.74, 6) is 2.01. The summed E-state index contributed by atoms with van der Waals surface area (Å²) in [7, 11) is 0. The predicted octanol–water partition coefficient (Wildman–Crippen LogP) is 4.23. The van der Waals surface area contributed by atoms with Crippen molar-refractivity contribution in [3.05, 3.63) is 102 Å². The molecule has 35 heavy (non-hydrogen) atoms. The van der Waals surface area contributed by atoms with Crippen LogP contribution >= 0.6 is 11.8 Å². The molecule has 1 atom stereocenters. The van der Waals surface area contributed by atoms with Gasteiger partial charge < -0.3 is 10.2 Å². The van der Waals surface area contributed by atoms with Crippen LogP contribution in [0.5, 0.6) is 0 Å². The van der Waals surface area contributed by atoms with Crippen molar-refractivity contribution in [2.24, 2.45) is 5.92 Å². The lowest BCUT2D eigenvalue weighted by Crippen LogP contribution is -2.51. The molecule has 0 spiro atoms. The molecule has 5 nitrogen and oxygen atoms in total. The first kappa shape index (κ1) is 24.0. The second-order valence-corrected chi connectivity index (χ2v) is 10.7. The summed E-state index contributed by atoms with van der Waals surface area (Å²) in [4.78, 5) is 19.2. The van der Waals surface area contributed by atoms with Crippen molar-refractivity contribution in [2.75, 3.05) is 38.5 Å². The van der Waals surface area contributed by atoms with Crippen molar-refractivity contribution in [1.29, 1.82) is 0 Å². The third-order valence-corrected chi connectivity index (χ3v) is 8.72. The molecule has 2 fully saturated rings. The number of thioether (sulfide) groups is 1. The highest BCUT2D eigenvalue weighted by atomic mass is 32.2. The highest BCUT2D eigenvalue weighted by Gasteiger charge is 2.43. The number of hydrogen-bond donors (Lipinski definition) is 2. The summed E-state index contributed by atoms with van der Waals surface area (Å²) < 4.78 is 0. The topological polar surface area (TPSA) is 57.3 Å². The van der Waals surface area contributed by atoms with Crippen LogP contribution in [0.4, 0.5) is 0 Å². The molecule has 2 N–H and O–H groups in total. The van der Waals surface area contributed by atoms with Gasteiger partial charge in [0.15, 0.2) is 4.87 Å². The molecule has 0 bridgehead atoms. The van der Waals surface area contributed by atoms with E-state index < -0.39 is 4.87 Å². The van der Waals surface area contributed by atoms with Crippen molar-refractivity contribution in [1.82, 2.24) is 20.5 Å². The van der Waals surface area contributed by atoms with Gasteiger partial charge in [-0.1, -0.05) is 66.7 Å². The summed E-state index contributed by atoms with van der Waals surface area (Å²) in [6.07, 6.45) is 5.88. The zero-order chi connectivity index (χ0) is 23.9. The van der Waals surface area contributed by atoms with Gasteiger partial charge in [-0.15, -0.1) is 11.8 Å². The standard InChI is InChI=1S/C29H34N4OS/c34-28(29(32-17-21-35-29)26-12-7-15-30-22-26)31-16-20-33-18-13-25(14-19-33)27(23-8-3-1-4-9-23)24-10-5-2-6-11-24/h1-12,15,22,25,27,32H,13-14,16-21H2,(H,31,34). The smallest absolute Gasteiger partial charge is 0.255 e. The molecule has 6 heteroatoms. The molecule has 0 radical (unpaired) electrons. The third kappa shape index (κ3) is 5.45. The van der Waals surface area contributed by atoms with E-state index in [-0.39, 0.29) is 5.91 Å². The maximum atomic E-state index is 13.2. The van der Waals surface area contributed by atoms with E-state index in [2.05, 4.69) is 81.2 Å². The average Bonchev–Trinajstić information content (AvgIpc) is 3.43. The van der Waals surface area contributed by atoms with E-state index in [4.69, 9.17) is 0 Å². The van der Waals surface area contributed by atoms with Crippen molar-refractivity contribution >= 4 is 17.7 Å². The number of carbonyl (C=O) groups excluding carboxylic acids is 1. The summed E-state index contributed by atoms with van der Waals surface area (Å²) in [5.41, 5.74) is 3.74. The highest BCUT2D eigenvalue weighted by molar-refractivity contribution is 8.01. The van der Waals surface area contributed by atoms with E-state index in [1.165, 1.54) is 24.0 Å². The van der Waals surface area contributed by atoms with Crippen LogP contribution in [0, 0.1) is 5.92 Å². The molecule has 3 aromatic rings. The Balaban J connectivity index is 1.16. The van der Waals surface area contributed by atoms with Crippen molar-refractivity contribution < 1.29 is 4.79 Å². The van der Waals surface area contributed by atoms with Gasteiger partial charge in [0.2, 0.25) is 0 Å². The van der Waals surface area contributed by atoms with E-state index in [0.29, 0.717) is 18.4 Å². The molecule has 0 aliphatic carbocycles. The molecule has 1 amide bonds.